The quantitative estimate of drug-likeness (QED) is 0.797. The summed E-state index contributed by atoms with van der Waals surface area (Å²) in [5.41, 5.74) is 2.96. The number of fused-ring (bicyclic) bond motifs is 1. The van der Waals surface area contributed by atoms with Crippen LogP contribution < -0.4 is 10.1 Å². The van der Waals surface area contributed by atoms with E-state index < -0.39 is 0 Å². The van der Waals surface area contributed by atoms with Crippen LogP contribution in [0.15, 0.2) is 30.9 Å². The number of rotatable bonds is 6. The van der Waals surface area contributed by atoms with Crippen molar-refractivity contribution in [2.45, 2.75) is 44.1 Å². The van der Waals surface area contributed by atoms with Crippen molar-refractivity contribution in [2.75, 3.05) is 13.7 Å². The van der Waals surface area contributed by atoms with Crippen LogP contribution in [0, 0.1) is 5.92 Å². The Morgan fingerprint density at radius 1 is 1.35 bits per heavy atom. The number of hydrogen-bond acceptors (Lipinski definition) is 2. The number of benzene rings is 1. The van der Waals surface area contributed by atoms with Crippen LogP contribution >= 0.6 is 0 Å². The fraction of sp³-hybridized carbons (Fsp3) is 0.556. The van der Waals surface area contributed by atoms with E-state index in [9.17, 15) is 0 Å². The minimum atomic E-state index is 0.567. The second kappa shape index (κ2) is 6.01. The van der Waals surface area contributed by atoms with Gasteiger partial charge in [-0.05, 0) is 36.8 Å². The summed E-state index contributed by atoms with van der Waals surface area (Å²) in [4.78, 5) is 0. The molecule has 0 radical (unpaired) electrons. The molecule has 0 spiro atoms. The maximum atomic E-state index is 5.65. The normalized spacial score (nSPS) is 25.1. The van der Waals surface area contributed by atoms with Gasteiger partial charge in [0.15, 0.2) is 0 Å². The smallest absolute Gasteiger partial charge is 0.122 e. The fourth-order valence-corrected chi connectivity index (χ4v) is 3.59. The lowest BCUT2D eigenvalue weighted by molar-refractivity contribution is 0.347. The summed E-state index contributed by atoms with van der Waals surface area (Å²) >= 11 is 0. The summed E-state index contributed by atoms with van der Waals surface area (Å²) in [5.74, 6) is 2.62. The van der Waals surface area contributed by atoms with Gasteiger partial charge in [0.05, 0.1) is 7.11 Å². The zero-order valence-electron chi connectivity index (χ0n) is 12.4. The van der Waals surface area contributed by atoms with E-state index in [1.165, 1.54) is 36.8 Å². The Hall–Kier alpha value is -1.28. The van der Waals surface area contributed by atoms with Crippen LogP contribution in [-0.2, 0) is 6.42 Å². The molecule has 1 aromatic rings. The number of hydrogen-bond donors (Lipinski definition) is 1. The molecule has 2 nitrogen and oxygen atoms in total. The predicted octanol–water partition coefficient (Wildman–Crippen LogP) is 3.67. The van der Waals surface area contributed by atoms with Crippen LogP contribution in [0.25, 0.3) is 0 Å². The third-order valence-electron chi connectivity index (χ3n) is 4.77. The molecular formula is C18H25NO. The van der Waals surface area contributed by atoms with Crippen molar-refractivity contribution >= 4 is 0 Å². The molecule has 0 saturated heterocycles. The van der Waals surface area contributed by atoms with E-state index in [1.54, 1.807) is 7.11 Å². The zero-order chi connectivity index (χ0) is 13.9. The van der Waals surface area contributed by atoms with Crippen LogP contribution in [0.2, 0.25) is 0 Å². The highest BCUT2D eigenvalue weighted by Crippen LogP contribution is 2.46. The Labute approximate surface area is 122 Å². The molecule has 0 heterocycles. The van der Waals surface area contributed by atoms with Gasteiger partial charge in [0.1, 0.15) is 5.75 Å². The van der Waals surface area contributed by atoms with Gasteiger partial charge >= 0.3 is 0 Å². The molecule has 0 unspecified atom stereocenters. The fourth-order valence-electron chi connectivity index (χ4n) is 3.59. The summed E-state index contributed by atoms with van der Waals surface area (Å²) in [6.45, 7) is 4.73. The molecule has 0 aliphatic heterocycles. The molecule has 0 bridgehead atoms. The number of aryl methyl sites for hydroxylation is 1. The van der Waals surface area contributed by atoms with Gasteiger partial charge in [-0.15, -0.1) is 6.58 Å². The van der Waals surface area contributed by atoms with E-state index in [0.29, 0.717) is 12.0 Å². The van der Waals surface area contributed by atoms with Crippen molar-refractivity contribution in [2.24, 2.45) is 5.92 Å². The molecular weight excluding hydrogens is 246 g/mol. The maximum Gasteiger partial charge on any atom is 0.122 e. The SMILES string of the molecule is C=CCN[C@H]1CCc2cccc(OC)c2[C@H]1CC1CC1. The lowest BCUT2D eigenvalue weighted by atomic mass is 9.76. The van der Waals surface area contributed by atoms with Crippen molar-refractivity contribution in [3.63, 3.8) is 0 Å². The first-order valence-corrected chi connectivity index (χ1v) is 7.83. The highest BCUT2D eigenvalue weighted by Gasteiger charge is 2.35. The summed E-state index contributed by atoms with van der Waals surface area (Å²) in [6, 6.07) is 7.09. The Bertz CT molecular complexity index is 464. The van der Waals surface area contributed by atoms with Crippen molar-refractivity contribution in [3.8, 4) is 5.75 Å². The van der Waals surface area contributed by atoms with Gasteiger partial charge in [0.25, 0.3) is 0 Å². The molecule has 1 fully saturated rings. The molecule has 2 atom stereocenters. The third-order valence-corrected chi connectivity index (χ3v) is 4.77. The van der Waals surface area contributed by atoms with Gasteiger partial charge in [-0.1, -0.05) is 31.1 Å². The molecule has 1 aromatic carbocycles. The molecule has 2 heteroatoms. The largest absolute Gasteiger partial charge is 0.496 e. The van der Waals surface area contributed by atoms with Gasteiger partial charge in [-0.2, -0.15) is 0 Å². The third kappa shape index (κ3) is 2.76. The van der Waals surface area contributed by atoms with Crippen molar-refractivity contribution < 1.29 is 4.74 Å². The van der Waals surface area contributed by atoms with Gasteiger partial charge in [0, 0.05) is 24.1 Å². The molecule has 3 rings (SSSR count). The molecule has 0 aromatic heterocycles. The second-order valence-corrected chi connectivity index (χ2v) is 6.16. The second-order valence-electron chi connectivity index (χ2n) is 6.16. The molecule has 2 aliphatic rings. The predicted molar refractivity (Wildman–Crippen MR) is 83.4 cm³/mol. The Kier molecular flexibility index (Phi) is 4.11. The first-order valence-electron chi connectivity index (χ1n) is 7.83. The van der Waals surface area contributed by atoms with Gasteiger partial charge in [0.2, 0.25) is 0 Å². The summed E-state index contributed by atoms with van der Waals surface area (Å²) in [6.07, 6.45) is 8.48. The zero-order valence-corrected chi connectivity index (χ0v) is 12.4. The Morgan fingerprint density at radius 3 is 2.90 bits per heavy atom. The molecule has 108 valence electrons. The average Bonchev–Trinajstić information content (AvgIpc) is 3.29. The topological polar surface area (TPSA) is 21.3 Å². The van der Waals surface area contributed by atoms with Crippen molar-refractivity contribution in [3.05, 3.63) is 42.0 Å². The van der Waals surface area contributed by atoms with Crippen molar-refractivity contribution in [1.82, 2.24) is 5.32 Å². The van der Waals surface area contributed by atoms with E-state index in [2.05, 4.69) is 30.1 Å². The van der Waals surface area contributed by atoms with Crippen LogP contribution in [0.1, 0.15) is 42.7 Å². The van der Waals surface area contributed by atoms with Crippen LogP contribution in [0.5, 0.6) is 5.75 Å². The van der Waals surface area contributed by atoms with Crippen LogP contribution in [0.3, 0.4) is 0 Å². The minimum Gasteiger partial charge on any atom is -0.496 e. The molecule has 1 saturated carbocycles. The van der Waals surface area contributed by atoms with Crippen molar-refractivity contribution in [1.29, 1.82) is 0 Å². The molecule has 2 aliphatic carbocycles. The number of ether oxygens (including phenoxy) is 1. The summed E-state index contributed by atoms with van der Waals surface area (Å²) in [5, 5.41) is 3.67. The highest BCUT2D eigenvalue weighted by molar-refractivity contribution is 5.45. The van der Waals surface area contributed by atoms with E-state index in [0.717, 1.165) is 24.6 Å². The molecule has 0 amide bonds. The van der Waals surface area contributed by atoms with E-state index in [1.807, 2.05) is 6.08 Å². The maximum absolute atomic E-state index is 5.65. The van der Waals surface area contributed by atoms with Gasteiger partial charge in [-0.3, -0.25) is 0 Å². The summed E-state index contributed by atoms with van der Waals surface area (Å²) in [7, 11) is 1.80. The monoisotopic (exact) mass is 271 g/mol. The molecule has 20 heavy (non-hydrogen) atoms. The molecule has 1 N–H and O–H groups in total. The first kappa shape index (κ1) is 13.7. The number of nitrogens with one attached hydrogen (secondary N) is 1. The Morgan fingerprint density at radius 2 is 2.20 bits per heavy atom. The van der Waals surface area contributed by atoms with E-state index in [4.69, 9.17) is 4.74 Å². The number of methoxy groups -OCH3 is 1. The Balaban J connectivity index is 1.90. The summed E-state index contributed by atoms with van der Waals surface area (Å²) < 4.78 is 5.65. The van der Waals surface area contributed by atoms with E-state index >= 15 is 0 Å². The van der Waals surface area contributed by atoms with Gasteiger partial charge in [-0.25, -0.2) is 0 Å². The lowest BCUT2D eigenvalue weighted by Gasteiger charge is -2.35. The highest BCUT2D eigenvalue weighted by atomic mass is 16.5. The average molecular weight is 271 g/mol. The van der Waals surface area contributed by atoms with Crippen LogP contribution in [0.4, 0.5) is 0 Å². The lowest BCUT2D eigenvalue weighted by Crippen LogP contribution is -2.39. The van der Waals surface area contributed by atoms with E-state index in [-0.39, 0.29) is 0 Å². The first-order chi connectivity index (χ1) is 9.83. The van der Waals surface area contributed by atoms with Gasteiger partial charge < -0.3 is 10.1 Å². The minimum absolute atomic E-state index is 0.567. The standard InChI is InChI=1S/C18H25NO/c1-3-11-19-16-10-9-14-5-4-6-17(20-2)18(14)15(16)12-13-7-8-13/h3-6,13,15-16,19H,1,7-12H2,2H3/t15-,16-/m0/s1. The van der Waals surface area contributed by atoms with Crippen LogP contribution in [-0.4, -0.2) is 19.7 Å².